The molecule has 1 aliphatic heterocycles. The van der Waals surface area contributed by atoms with Crippen molar-refractivity contribution in [1.29, 1.82) is 0 Å². The van der Waals surface area contributed by atoms with E-state index in [1.165, 1.54) is 18.4 Å². The molecule has 3 rings (SSSR count). The molecule has 0 unspecified atom stereocenters. The predicted octanol–water partition coefficient (Wildman–Crippen LogP) is 2.94. The predicted molar refractivity (Wildman–Crippen MR) is 74.4 cm³/mol. The summed E-state index contributed by atoms with van der Waals surface area (Å²) in [6.07, 6.45) is 1.18. The quantitative estimate of drug-likeness (QED) is 0.947. The number of amides is 1. The van der Waals surface area contributed by atoms with Crippen molar-refractivity contribution in [3.05, 3.63) is 36.3 Å². The number of nitrogens with zero attached hydrogens (tertiary/aromatic N) is 1. The standard InChI is InChI=1S/C15H14F2N2O3/c16-11-4-2-1-3-10(11)12-9-22-14(18-12)19-13(20)15(17)5-7-21-8-6-15/h1-4,9H,5-8H2,(H,18,19,20). The molecule has 1 amide bonds. The Hall–Kier alpha value is -2.28. The van der Waals surface area contributed by atoms with E-state index in [9.17, 15) is 13.6 Å². The molecule has 1 saturated heterocycles. The summed E-state index contributed by atoms with van der Waals surface area (Å²) in [6, 6.07) is 5.88. The summed E-state index contributed by atoms with van der Waals surface area (Å²) in [6.45, 7) is 0.381. The summed E-state index contributed by atoms with van der Waals surface area (Å²) in [4.78, 5) is 16.0. The lowest BCUT2D eigenvalue weighted by atomic mass is 9.96. The number of carbonyl (C=O) groups is 1. The number of hydrogen-bond acceptors (Lipinski definition) is 4. The zero-order valence-corrected chi connectivity index (χ0v) is 11.6. The molecule has 1 aliphatic rings. The first-order valence-corrected chi connectivity index (χ1v) is 6.87. The summed E-state index contributed by atoms with van der Waals surface area (Å²) < 4.78 is 38.2. The van der Waals surface area contributed by atoms with Gasteiger partial charge in [0.2, 0.25) is 0 Å². The molecule has 1 N–H and O–H groups in total. The maximum Gasteiger partial charge on any atom is 0.301 e. The third kappa shape index (κ3) is 2.85. The van der Waals surface area contributed by atoms with Crippen LogP contribution in [0.5, 0.6) is 0 Å². The Morgan fingerprint density at radius 3 is 2.73 bits per heavy atom. The second-order valence-corrected chi connectivity index (χ2v) is 5.05. The minimum atomic E-state index is -2.00. The molecule has 1 fully saturated rings. The van der Waals surface area contributed by atoms with Crippen molar-refractivity contribution in [3.8, 4) is 11.3 Å². The van der Waals surface area contributed by atoms with Crippen LogP contribution in [0.25, 0.3) is 11.3 Å². The molecular weight excluding hydrogens is 294 g/mol. The topological polar surface area (TPSA) is 64.4 Å². The smallest absolute Gasteiger partial charge is 0.301 e. The summed E-state index contributed by atoms with van der Waals surface area (Å²) in [5.74, 6) is -1.28. The van der Waals surface area contributed by atoms with Gasteiger partial charge in [0, 0.05) is 18.4 Å². The Kier molecular flexibility index (Phi) is 3.89. The van der Waals surface area contributed by atoms with Gasteiger partial charge in [0.05, 0.1) is 13.2 Å². The Bertz CT molecular complexity index is 681. The molecule has 0 spiro atoms. The molecule has 0 saturated carbocycles. The highest BCUT2D eigenvalue weighted by Crippen LogP contribution is 2.28. The minimum absolute atomic E-state index is 0.0142. The Balaban J connectivity index is 1.74. The van der Waals surface area contributed by atoms with Crippen molar-refractivity contribution in [2.24, 2.45) is 0 Å². The fourth-order valence-corrected chi connectivity index (χ4v) is 2.25. The number of aromatic nitrogens is 1. The van der Waals surface area contributed by atoms with E-state index in [1.807, 2.05) is 0 Å². The SMILES string of the molecule is O=C(Nc1nc(-c2ccccc2F)co1)C1(F)CCOCC1. The molecule has 0 atom stereocenters. The van der Waals surface area contributed by atoms with Gasteiger partial charge in [-0.1, -0.05) is 12.1 Å². The van der Waals surface area contributed by atoms with Gasteiger partial charge in [-0.15, -0.1) is 0 Å². The van der Waals surface area contributed by atoms with Gasteiger partial charge in [-0.2, -0.15) is 4.98 Å². The zero-order chi connectivity index (χ0) is 15.6. The molecule has 2 aromatic rings. The van der Waals surface area contributed by atoms with E-state index in [2.05, 4.69) is 10.3 Å². The first kappa shape index (κ1) is 14.6. The second kappa shape index (κ2) is 5.84. The van der Waals surface area contributed by atoms with Crippen molar-refractivity contribution >= 4 is 11.9 Å². The first-order chi connectivity index (χ1) is 10.6. The van der Waals surface area contributed by atoms with Gasteiger partial charge in [0.1, 0.15) is 17.8 Å². The molecule has 116 valence electrons. The Morgan fingerprint density at radius 2 is 2.00 bits per heavy atom. The van der Waals surface area contributed by atoms with Gasteiger partial charge >= 0.3 is 6.01 Å². The van der Waals surface area contributed by atoms with Crippen molar-refractivity contribution in [3.63, 3.8) is 0 Å². The zero-order valence-electron chi connectivity index (χ0n) is 11.6. The van der Waals surface area contributed by atoms with Gasteiger partial charge in [-0.25, -0.2) is 8.78 Å². The van der Waals surface area contributed by atoms with E-state index in [0.29, 0.717) is 0 Å². The van der Waals surface area contributed by atoms with Crippen LogP contribution in [0.2, 0.25) is 0 Å². The van der Waals surface area contributed by atoms with Crippen molar-refractivity contribution in [1.82, 2.24) is 4.98 Å². The molecule has 7 heteroatoms. The lowest BCUT2D eigenvalue weighted by Crippen LogP contribution is -2.43. The van der Waals surface area contributed by atoms with Crippen LogP contribution in [0.1, 0.15) is 12.8 Å². The monoisotopic (exact) mass is 308 g/mol. The Morgan fingerprint density at radius 1 is 1.27 bits per heavy atom. The highest BCUT2D eigenvalue weighted by molar-refractivity contribution is 5.95. The number of nitrogens with one attached hydrogen (secondary N) is 1. The van der Waals surface area contributed by atoms with Crippen molar-refractivity contribution in [2.75, 3.05) is 18.5 Å². The maximum absolute atomic E-state index is 14.4. The fourth-order valence-electron chi connectivity index (χ4n) is 2.25. The number of benzene rings is 1. The highest BCUT2D eigenvalue weighted by atomic mass is 19.1. The van der Waals surface area contributed by atoms with Crippen molar-refractivity contribution in [2.45, 2.75) is 18.5 Å². The molecule has 0 bridgehead atoms. The van der Waals surface area contributed by atoms with Gasteiger partial charge in [-0.3, -0.25) is 10.1 Å². The third-order valence-corrected chi connectivity index (χ3v) is 3.57. The average molecular weight is 308 g/mol. The number of hydrogen-bond donors (Lipinski definition) is 1. The molecule has 5 nitrogen and oxygen atoms in total. The summed E-state index contributed by atoms with van der Waals surface area (Å²) in [5.41, 5.74) is -1.52. The van der Waals surface area contributed by atoms with Crippen LogP contribution < -0.4 is 5.32 Å². The number of carbonyl (C=O) groups excluding carboxylic acids is 1. The Labute approximate surface area is 125 Å². The summed E-state index contributed by atoms with van der Waals surface area (Å²) >= 11 is 0. The van der Waals surface area contributed by atoms with Crippen LogP contribution in [0.4, 0.5) is 14.8 Å². The molecule has 0 aliphatic carbocycles. The molecule has 2 heterocycles. The lowest BCUT2D eigenvalue weighted by molar-refractivity contribution is -0.133. The van der Waals surface area contributed by atoms with Gasteiger partial charge in [0.25, 0.3) is 5.91 Å². The molecular formula is C15H14F2N2O3. The van der Waals surface area contributed by atoms with Crippen LogP contribution in [0, 0.1) is 5.82 Å². The van der Waals surface area contributed by atoms with Gasteiger partial charge in [-0.05, 0) is 12.1 Å². The van der Waals surface area contributed by atoms with E-state index in [0.717, 1.165) is 0 Å². The highest BCUT2D eigenvalue weighted by Gasteiger charge is 2.40. The van der Waals surface area contributed by atoms with Crippen LogP contribution in [0.15, 0.2) is 34.9 Å². The number of oxazole rings is 1. The first-order valence-electron chi connectivity index (χ1n) is 6.87. The van der Waals surface area contributed by atoms with E-state index in [1.54, 1.807) is 12.1 Å². The minimum Gasteiger partial charge on any atom is -0.431 e. The van der Waals surface area contributed by atoms with Crippen LogP contribution in [-0.4, -0.2) is 29.8 Å². The molecule has 22 heavy (non-hydrogen) atoms. The normalized spacial score (nSPS) is 17.2. The molecule has 1 aromatic heterocycles. The van der Waals surface area contributed by atoms with Crippen LogP contribution in [-0.2, 0) is 9.53 Å². The number of halogens is 2. The van der Waals surface area contributed by atoms with Gasteiger partial charge < -0.3 is 9.15 Å². The van der Waals surface area contributed by atoms with E-state index in [-0.39, 0.29) is 43.3 Å². The number of ether oxygens (including phenoxy) is 1. The number of rotatable bonds is 3. The maximum atomic E-state index is 14.4. The average Bonchev–Trinajstić information content (AvgIpc) is 2.97. The summed E-state index contributed by atoms with van der Waals surface area (Å²) in [7, 11) is 0. The lowest BCUT2D eigenvalue weighted by Gasteiger charge is -2.27. The number of anilines is 1. The van der Waals surface area contributed by atoms with E-state index >= 15 is 0 Å². The van der Waals surface area contributed by atoms with E-state index < -0.39 is 17.4 Å². The largest absolute Gasteiger partial charge is 0.431 e. The summed E-state index contributed by atoms with van der Waals surface area (Å²) in [5, 5.41) is 2.29. The van der Waals surface area contributed by atoms with E-state index in [4.69, 9.17) is 9.15 Å². The number of alkyl halides is 1. The van der Waals surface area contributed by atoms with Crippen molar-refractivity contribution < 1.29 is 22.7 Å². The third-order valence-electron chi connectivity index (χ3n) is 3.57. The fraction of sp³-hybridized carbons (Fsp3) is 0.333. The molecule has 1 aromatic carbocycles. The molecule has 0 radical (unpaired) electrons. The van der Waals surface area contributed by atoms with Crippen LogP contribution in [0.3, 0.4) is 0 Å². The van der Waals surface area contributed by atoms with Crippen LogP contribution >= 0.6 is 0 Å². The van der Waals surface area contributed by atoms with Gasteiger partial charge in [0.15, 0.2) is 5.67 Å². The second-order valence-electron chi connectivity index (χ2n) is 5.05.